The summed E-state index contributed by atoms with van der Waals surface area (Å²) >= 11 is 1.72. The summed E-state index contributed by atoms with van der Waals surface area (Å²) in [5, 5.41) is 15.8. The number of fused-ring (bicyclic) bond motifs is 1. The zero-order valence-corrected chi connectivity index (χ0v) is 11.4. The Hall–Kier alpha value is -2.01. The lowest BCUT2D eigenvalue weighted by Gasteiger charge is -2.12. The number of nitrogens with zero attached hydrogens (tertiary/aromatic N) is 3. The molecule has 0 aliphatic rings. The molecule has 4 nitrogen and oxygen atoms in total. The molecule has 96 valence electrons. The lowest BCUT2D eigenvalue weighted by Crippen LogP contribution is -2.19. The van der Waals surface area contributed by atoms with Crippen LogP contribution in [0.1, 0.15) is 12.5 Å². The Labute approximate surface area is 115 Å². The van der Waals surface area contributed by atoms with Gasteiger partial charge in [0, 0.05) is 6.04 Å². The van der Waals surface area contributed by atoms with Crippen LogP contribution < -0.4 is 5.32 Å². The Balaban J connectivity index is 1.73. The molecule has 0 fully saturated rings. The van der Waals surface area contributed by atoms with Crippen LogP contribution in [0.5, 0.6) is 0 Å². The van der Waals surface area contributed by atoms with Gasteiger partial charge in [0.25, 0.3) is 0 Å². The normalized spacial score (nSPS) is 12.5. The summed E-state index contributed by atoms with van der Waals surface area (Å²) in [6.45, 7) is 2.12. The van der Waals surface area contributed by atoms with Crippen molar-refractivity contribution in [2.75, 3.05) is 5.32 Å². The molecular formula is C14H14N4S. The molecule has 2 aromatic heterocycles. The lowest BCUT2D eigenvalue weighted by molar-refractivity contribution is 0.774. The zero-order valence-electron chi connectivity index (χ0n) is 10.6. The number of benzene rings is 1. The zero-order chi connectivity index (χ0) is 13.1. The van der Waals surface area contributed by atoms with Crippen LogP contribution in [0.25, 0.3) is 11.0 Å². The van der Waals surface area contributed by atoms with Crippen molar-refractivity contribution < 1.29 is 0 Å². The monoisotopic (exact) mass is 270 g/mol. The number of hydrogen-bond donors (Lipinski definition) is 1. The van der Waals surface area contributed by atoms with Gasteiger partial charge in [-0.05, 0) is 47.9 Å². The van der Waals surface area contributed by atoms with Crippen molar-refractivity contribution in [1.82, 2.24) is 15.2 Å². The van der Waals surface area contributed by atoms with Crippen molar-refractivity contribution in [2.24, 2.45) is 0 Å². The molecule has 1 N–H and O–H groups in total. The van der Waals surface area contributed by atoms with Crippen molar-refractivity contribution in [3.05, 3.63) is 46.7 Å². The summed E-state index contributed by atoms with van der Waals surface area (Å²) in [4.78, 5) is 4.46. The van der Waals surface area contributed by atoms with Gasteiger partial charge in [-0.3, -0.25) is 0 Å². The fraction of sp³-hybridized carbons (Fsp3) is 0.214. The quantitative estimate of drug-likeness (QED) is 0.791. The maximum Gasteiger partial charge on any atom is 0.243 e. The van der Waals surface area contributed by atoms with E-state index < -0.39 is 0 Å². The highest BCUT2D eigenvalue weighted by molar-refractivity contribution is 7.07. The maximum absolute atomic E-state index is 4.46. The molecule has 0 spiro atoms. The Bertz CT molecular complexity index is 666. The first-order chi connectivity index (χ1) is 9.31. The molecule has 1 unspecified atom stereocenters. The molecule has 3 aromatic rings. The number of hydrogen-bond acceptors (Lipinski definition) is 5. The third-order valence-electron chi connectivity index (χ3n) is 2.86. The summed E-state index contributed by atoms with van der Waals surface area (Å²) < 4.78 is 0. The van der Waals surface area contributed by atoms with Crippen LogP contribution in [-0.4, -0.2) is 21.2 Å². The van der Waals surface area contributed by atoms with E-state index in [2.05, 4.69) is 44.2 Å². The standard InChI is InChI=1S/C14H14N4S/c1-10(8-11-6-7-19-9-11)15-14-16-12-4-2-3-5-13(12)17-18-14/h2-7,9-10H,8H2,1H3,(H,15,16,18). The number of anilines is 1. The van der Waals surface area contributed by atoms with Gasteiger partial charge in [0.15, 0.2) is 0 Å². The largest absolute Gasteiger partial charge is 0.350 e. The minimum absolute atomic E-state index is 0.276. The van der Waals surface area contributed by atoms with Gasteiger partial charge in [0.05, 0.1) is 5.52 Å². The van der Waals surface area contributed by atoms with Crippen LogP contribution in [0, 0.1) is 0 Å². The topological polar surface area (TPSA) is 50.7 Å². The Kier molecular flexibility index (Phi) is 3.37. The highest BCUT2D eigenvalue weighted by Gasteiger charge is 2.07. The van der Waals surface area contributed by atoms with E-state index in [0.29, 0.717) is 5.95 Å². The minimum atomic E-state index is 0.276. The third kappa shape index (κ3) is 2.88. The average molecular weight is 270 g/mol. The SMILES string of the molecule is CC(Cc1ccsc1)Nc1nnc2ccccc2n1. The molecule has 2 heterocycles. The van der Waals surface area contributed by atoms with Crippen LogP contribution in [0.4, 0.5) is 5.95 Å². The fourth-order valence-electron chi connectivity index (χ4n) is 1.98. The Morgan fingerprint density at radius 2 is 2.00 bits per heavy atom. The van der Waals surface area contributed by atoms with Gasteiger partial charge < -0.3 is 5.32 Å². The highest BCUT2D eigenvalue weighted by atomic mass is 32.1. The molecular weight excluding hydrogens is 256 g/mol. The van der Waals surface area contributed by atoms with Gasteiger partial charge >= 0.3 is 0 Å². The number of nitrogens with one attached hydrogen (secondary N) is 1. The molecule has 0 bridgehead atoms. The minimum Gasteiger partial charge on any atom is -0.350 e. The van der Waals surface area contributed by atoms with Gasteiger partial charge in [-0.1, -0.05) is 12.1 Å². The molecule has 0 radical (unpaired) electrons. The van der Waals surface area contributed by atoms with E-state index in [9.17, 15) is 0 Å². The second-order valence-electron chi connectivity index (χ2n) is 4.51. The molecule has 1 aromatic carbocycles. The number of para-hydroxylation sites is 1. The molecule has 0 saturated heterocycles. The molecule has 1 atom stereocenters. The van der Waals surface area contributed by atoms with Crippen LogP contribution >= 0.6 is 11.3 Å². The predicted octanol–water partition coefficient (Wildman–Crippen LogP) is 3.13. The summed E-state index contributed by atoms with van der Waals surface area (Å²) in [7, 11) is 0. The van der Waals surface area contributed by atoms with Gasteiger partial charge in [-0.15, -0.1) is 10.2 Å². The molecule has 0 aliphatic heterocycles. The molecule has 0 amide bonds. The van der Waals surface area contributed by atoms with Crippen LogP contribution in [-0.2, 0) is 6.42 Å². The van der Waals surface area contributed by atoms with Gasteiger partial charge in [0.2, 0.25) is 5.95 Å². The van der Waals surface area contributed by atoms with Crippen molar-refractivity contribution >= 4 is 28.3 Å². The van der Waals surface area contributed by atoms with E-state index in [1.165, 1.54) is 5.56 Å². The smallest absolute Gasteiger partial charge is 0.243 e. The number of aromatic nitrogens is 3. The molecule has 5 heteroatoms. The maximum atomic E-state index is 4.46. The van der Waals surface area contributed by atoms with Crippen molar-refractivity contribution in [2.45, 2.75) is 19.4 Å². The fourth-order valence-corrected chi connectivity index (χ4v) is 2.66. The average Bonchev–Trinajstić information content (AvgIpc) is 2.91. The first-order valence-electron chi connectivity index (χ1n) is 6.18. The van der Waals surface area contributed by atoms with E-state index in [1.54, 1.807) is 11.3 Å². The summed E-state index contributed by atoms with van der Waals surface area (Å²) in [6.07, 6.45) is 0.958. The molecule has 19 heavy (non-hydrogen) atoms. The highest BCUT2D eigenvalue weighted by Crippen LogP contribution is 2.12. The van der Waals surface area contributed by atoms with Crippen LogP contribution in [0.3, 0.4) is 0 Å². The number of rotatable bonds is 4. The van der Waals surface area contributed by atoms with Gasteiger partial charge in [-0.25, -0.2) is 4.98 Å². The van der Waals surface area contributed by atoms with E-state index in [4.69, 9.17) is 0 Å². The summed E-state index contributed by atoms with van der Waals surface area (Å²) in [5.41, 5.74) is 3.01. The van der Waals surface area contributed by atoms with Crippen LogP contribution in [0.2, 0.25) is 0 Å². The molecule has 0 saturated carbocycles. The van der Waals surface area contributed by atoms with E-state index in [-0.39, 0.29) is 6.04 Å². The van der Waals surface area contributed by atoms with Gasteiger partial charge in [-0.2, -0.15) is 11.3 Å². The van der Waals surface area contributed by atoms with Crippen LogP contribution in [0.15, 0.2) is 41.1 Å². The predicted molar refractivity (Wildman–Crippen MR) is 78.4 cm³/mol. The third-order valence-corrected chi connectivity index (χ3v) is 3.59. The van der Waals surface area contributed by atoms with Crippen molar-refractivity contribution in [3.8, 4) is 0 Å². The second-order valence-corrected chi connectivity index (χ2v) is 5.29. The summed E-state index contributed by atoms with van der Waals surface area (Å²) in [5.74, 6) is 0.585. The van der Waals surface area contributed by atoms with E-state index >= 15 is 0 Å². The van der Waals surface area contributed by atoms with Crippen molar-refractivity contribution in [1.29, 1.82) is 0 Å². The summed E-state index contributed by atoms with van der Waals surface area (Å²) in [6, 6.07) is 10.2. The Morgan fingerprint density at radius 1 is 1.16 bits per heavy atom. The van der Waals surface area contributed by atoms with E-state index in [0.717, 1.165) is 17.5 Å². The first-order valence-corrected chi connectivity index (χ1v) is 7.12. The van der Waals surface area contributed by atoms with Gasteiger partial charge in [0.1, 0.15) is 5.52 Å². The lowest BCUT2D eigenvalue weighted by atomic mass is 10.1. The van der Waals surface area contributed by atoms with E-state index in [1.807, 2.05) is 24.3 Å². The van der Waals surface area contributed by atoms with Crippen molar-refractivity contribution in [3.63, 3.8) is 0 Å². The first kappa shape index (κ1) is 12.0. The number of thiophene rings is 1. The Morgan fingerprint density at radius 3 is 2.79 bits per heavy atom. The molecule has 3 rings (SSSR count). The second kappa shape index (κ2) is 5.32. The molecule has 0 aliphatic carbocycles.